The van der Waals surface area contributed by atoms with E-state index in [0.29, 0.717) is 12.6 Å². The Hall–Kier alpha value is -1.62. The number of furan rings is 1. The summed E-state index contributed by atoms with van der Waals surface area (Å²) in [7, 11) is 2.11. The molecule has 1 aliphatic heterocycles. The molecular formula is C24H38IN5O2. The van der Waals surface area contributed by atoms with Crippen LogP contribution in [0.15, 0.2) is 52.1 Å². The van der Waals surface area contributed by atoms with Crippen molar-refractivity contribution in [2.75, 3.05) is 46.4 Å². The molecule has 0 aliphatic carbocycles. The normalized spacial score (nSPS) is 15.9. The molecule has 0 bridgehead atoms. The highest BCUT2D eigenvalue weighted by molar-refractivity contribution is 14.0. The maximum absolute atomic E-state index is 5.48. The predicted molar refractivity (Wildman–Crippen MR) is 140 cm³/mol. The van der Waals surface area contributed by atoms with Crippen LogP contribution in [0.1, 0.15) is 30.7 Å². The molecule has 1 saturated heterocycles. The van der Waals surface area contributed by atoms with Crippen molar-refractivity contribution in [2.45, 2.75) is 39.5 Å². The van der Waals surface area contributed by atoms with Crippen LogP contribution >= 0.6 is 24.0 Å². The number of aliphatic imine (C=N–C) groups is 1. The van der Waals surface area contributed by atoms with Gasteiger partial charge in [-0.25, -0.2) is 4.99 Å². The Kier molecular flexibility index (Phi) is 12.1. The van der Waals surface area contributed by atoms with E-state index in [4.69, 9.17) is 14.1 Å². The Morgan fingerprint density at radius 1 is 1.09 bits per heavy atom. The number of hydrogen-bond donors (Lipinski definition) is 2. The fourth-order valence-electron chi connectivity index (χ4n) is 3.78. The number of benzene rings is 1. The van der Waals surface area contributed by atoms with Gasteiger partial charge in [-0.05, 0) is 44.2 Å². The van der Waals surface area contributed by atoms with Crippen LogP contribution in [0.5, 0.6) is 0 Å². The molecule has 1 aliphatic rings. The molecule has 2 heterocycles. The van der Waals surface area contributed by atoms with Crippen LogP contribution in [0.25, 0.3) is 0 Å². The first-order valence-corrected chi connectivity index (χ1v) is 11.3. The zero-order valence-corrected chi connectivity index (χ0v) is 21.9. The summed E-state index contributed by atoms with van der Waals surface area (Å²) in [6.07, 6.45) is 1.72. The number of ether oxygens (including phenoxy) is 1. The average molecular weight is 556 g/mol. The molecule has 2 N–H and O–H groups in total. The van der Waals surface area contributed by atoms with Crippen molar-refractivity contribution in [3.63, 3.8) is 0 Å². The highest BCUT2D eigenvalue weighted by atomic mass is 127. The van der Waals surface area contributed by atoms with Crippen LogP contribution < -0.4 is 10.6 Å². The summed E-state index contributed by atoms with van der Waals surface area (Å²) in [6.45, 7) is 12.0. The van der Waals surface area contributed by atoms with E-state index in [2.05, 4.69) is 65.6 Å². The Morgan fingerprint density at radius 2 is 1.84 bits per heavy atom. The molecule has 32 heavy (non-hydrogen) atoms. The summed E-state index contributed by atoms with van der Waals surface area (Å²) in [6, 6.07) is 12.9. The van der Waals surface area contributed by atoms with Crippen molar-refractivity contribution in [2.24, 2.45) is 4.99 Å². The smallest absolute Gasteiger partial charge is 0.191 e. The van der Waals surface area contributed by atoms with Gasteiger partial charge in [0.25, 0.3) is 0 Å². The standard InChI is InChI=1S/C24H37N5O2.HI/c1-4-25-24(26-16-20(2)29-11-14-30-15-12-29)27-17-21-8-5-6-9-22(21)18-28(3)19-23-10-7-13-31-23;/h5-10,13,20H,4,11-12,14-19H2,1-3H3,(H2,25,26,27);1H. The van der Waals surface area contributed by atoms with Gasteiger partial charge in [-0.1, -0.05) is 24.3 Å². The van der Waals surface area contributed by atoms with E-state index in [0.717, 1.165) is 64.2 Å². The molecule has 1 aromatic heterocycles. The second kappa shape index (κ2) is 14.5. The number of nitrogens with one attached hydrogen (secondary N) is 2. The number of morpholine rings is 1. The lowest BCUT2D eigenvalue weighted by Crippen LogP contribution is -2.49. The highest BCUT2D eigenvalue weighted by Crippen LogP contribution is 2.14. The van der Waals surface area contributed by atoms with Crippen molar-refractivity contribution in [1.29, 1.82) is 0 Å². The molecule has 1 atom stereocenters. The van der Waals surface area contributed by atoms with Gasteiger partial charge in [0.2, 0.25) is 0 Å². The van der Waals surface area contributed by atoms with E-state index in [1.165, 1.54) is 11.1 Å². The quantitative estimate of drug-likeness (QED) is 0.267. The summed E-state index contributed by atoms with van der Waals surface area (Å²) in [5.41, 5.74) is 2.53. The molecule has 0 amide bonds. The molecule has 1 aromatic carbocycles. The Labute approximate surface area is 209 Å². The fourth-order valence-corrected chi connectivity index (χ4v) is 3.78. The summed E-state index contributed by atoms with van der Waals surface area (Å²) < 4.78 is 10.9. The van der Waals surface area contributed by atoms with E-state index in [-0.39, 0.29) is 24.0 Å². The molecular weight excluding hydrogens is 517 g/mol. The molecule has 0 radical (unpaired) electrons. The molecule has 8 heteroatoms. The first-order valence-electron chi connectivity index (χ1n) is 11.3. The first kappa shape index (κ1) is 26.6. The zero-order valence-electron chi connectivity index (χ0n) is 19.5. The maximum Gasteiger partial charge on any atom is 0.191 e. The second-order valence-corrected chi connectivity index (χ2v) is 8.09. The molecule has 0 spiro atoms. The summed E-state index contributed by atoms with van der Waals surface area (Å²) in [4.78, 5) is 9.58. The van der Waals surface area contributed by atoms with Crippen molar-refractivity contribution in [3.05, 3.63) is 59.5 Å². The monoisotopic (exact) mass is 555 g/mol. The molecule has 0 saturated carbocycles. The minimum Gasteiger partial charge on any atom is -0.468 e. The lowest BCUT2D eigenvalue weighted by atomic mass is 10.1. The Balaban J connectivity index is 0.00000363. The van der Waals surface area contributed by atoms with Crippen molar-refractivity contribution in [1.82, 2.24) is 20.4 Å². The third-order valence-electron chi connectivity index (χ3n) is 5.55. The van der Waals surface area contributed by atoms with Gasteiger partial charge in [0.05, 0.1) is 32.6 Å². The molecule has 7 nitrogen and oxygen atoms in total. The van der Waals surface area contributed by atoms with Crippen LogP contribution in [-0.4, -0.2) is 68.2 Å². The largest absolute Gasteiger partial charge is 0.468 e. The third kappa shape index (κ3) is 8.73. The Morgan fingerprint density at radius 3 is 2.53 bits per heavy atom. The zero-order chi connectivity index (χ0) is 21.9. The van der Waals surface area contributed by atoms with Crippen LogP contribution in [0.4, 0.5) is 0 Å². The molecule has 3 rings (SSSR count). The predicted octanol–water partition coefficient (Wildman–Crippen LogP) is 3.31. The maximum atomic E-state index is 5.48. The average Bonchev–Trinajstić information content (AvgIpc) is 3.30. The lowest BCUT2D eigenvalue weighted by molar-refractivity contribution is 0.0211. The van der Waals surface area contributed by atoms with Gasteiger partial charge < -0.3 is 19.8 Å². The Bertz CT molecular complexity index is 793. The number of hydrogen-bond acceptors (Lipinski definition) is 5. The lowest BCUT2D eigenvalue weighted by Gasteiger charge is -2.32. The van der Waals surface area contributed by atoms with Crippen molar-refractivity contribution < 1.29 is 9.15 Å². The summed E-state index contributed by atoms with van der Waals surface area (Å²) >= 11 is 0. The minimum absolute atomic E-state index is 0. The molecule has 2 aromatic rings. The topological polar surface area (TPSA) is 65.3 Å². The van der Waals surface area contributed by atoms with Gasteiger partial charge in [0, 0.05) is 38.8 Å². The van der Waals surface area contributed by atoms with E-state index in [9.17, 15) is 0 Å². The van der Waals surface area contributed by atoms with E-state index < -0.39 is 0 Å². The third-order valence-corrected chi connectivity index (χ3v) is 5.55. The number of rotatable bonds is 10. The molecule has 178 valence electrons. The van der Waals surface area contributed by atoms with E-state index in [1.54, 1.807) is 6.26 Å². The van der Waals surface area contributed by atoms with Gasteiger partial charge >= 0.3 is 0 Å². The molecule has 1 unspecified atom stereocenters. The van der Waals surface area contributed by atoms with Gasteiger partial charge in [0.1, 0.15) is 5.76 Å². The number of guanidine groups is 1. The van der Waals surface area contributed by atoms with Gasteiger partial charge in [-0.2, -0.15) is 0 Å². The molecule has 1 fully saturated rings. The van der Waals surface area contributed by atoms with Gasteiger partial charge in [-0.3, -0.25) is 9.80 Å². The first-order chi connectivity index (χ1) is 15.2. The van der Waals surface area contributed by atoms with Crippen LogP contribution in [0.2, 0.25) is 0 Å². The number of halogens is 1. The van der Waals surface area contributed by atoms with E-state index >= 15 is 0 Å². The fraction of sp³-hybridized carbons (Fsp3) is 0.542. The highest BCUT2D eigenvalue weighted by Gasteiger charge is 2.17. The summed E-state index contributed by atoms with van der Waals surface area (Å²) in [5, 5.41) is 6.89. The number of nitrogens with zero attached hydrogens (tertiary/aromatic N) is 3. The second-order valence-electron chi connectivity index (χ2n) is 8.09. The van der Waals surface area contributed by atoms with Crippen molar-refractivity contribution in [3.8, 4) is 0 Å². The van der Waals surface area contributed by atoms with Crippen molar-refractivity contribution >= 4 is 29.9 Å². The summed E-state index contributed by atoms with van der Waals surface area (Å²) in [5.74, 6) is 1.84. The van der Waals surface area contributed by atoms with Crippen LogP contribution in [0, 0.1) is 0 Å². The SMILES string of the molecule is CCNC(=NCc1ccccc1CN(C)Cc1ccco1)NCC(C)N1CCOCC1.I. The minimum atomic E-state index is 0. The van der Waals surface area contributed by atoms with Gasteiger partial charge in [-0.15, -0.1) is 24.0 Å². The van der Waals surface area contributed by atoms with Gasteiger partial charge in [0.15, 0.2) is 5.96 Å². The van der Waals surface area contributed by atoms with E-state index in [1.807, 2.05) is 12.1 Å². The van der Waals surface area contributed by atoms with Crippen LogP contribution in [0.3, 0.4) is 0 Å². The van der Waals surface area contributed by atoms with Crippen LogP contribution in [-0.2, 0) is 24.4 Å².